The minimum atomic E-state index is 0.181. The van der Waals surface area contributed by atoms with E-state index in [9.17, 15) is 0 Å². The fraction of sp³-hybridized carbons (Fsp3) is 0.727. The van der Waals surface area contributed by atoms with Gasteiger partial charge in [-0.1, -0.05) is 12.8 Å². The lowest BCUT2D eigenvalue weighted by molar-refractivity contribution is 0.379. The summed E-state index contributed by atoms with van der Waals surface area (Å²) in [5.74, 6) is 0.686. The van der Waals surface area contributed by atoms with Crippen molar-refractivity contribution in [3.63, 3.8) is 0 Å². The van der Waals surface area contributed by atoms with Crippen molar-refractivity contribution in [1.82, 2.24) is 15.0 Å². The molecule has 3 N–H and O–H groups in total. The van der Waals surface area contributed by atoms with Gasteiger partial charge in [0.05, 0.1) is 7.11 Å². The smallest absolute Gasteiger partial charge is 0.322 e. The number of nitrogens with two attached hydrogens (primary N) is 1. The Morgan fingerprint density at radius 1 is 1.28 bits per heavy atom. The minimum absolute atomic E-state index is 0.181. The molecule has 0 amide bonds. The monoisotopic (exact) mass is 269 g/mol. The first-order chi connectivity index (χ1) is 8.72. The van der Waals surface area contributed by atoms with Crippen LogP contribution in [0.1, 0.15) is 25.7 Å². The van der Waals surface area contributed by atoms with E-state index in [1.807, 2.05) is 11.8 Å². The number of nitrogens with zero attached hydrogens (tertiary/aromatic N) is 3. The number of methoxy groups -OCH3 is 1. The summed E-state index contributed by atoms with van der Waals surface area (Å²) in [5.41, 5.74) is 5.62. The second-order valence-corrected chi connectivity index (χ2v) is 5.39. The number of ether oxygens (including phenoxy) is 1. The predicted octanol–water partition coefficient (Wildman–Crippen LogP) is 1.55. The molecule has 2 rings (SSSR count). The maximum atomic E-state index is 5.62. The standard InChI is InChI=1S/C11H19N5OS/c1-17-11-15-9(12)14-10(16-11)13-7-5-3-4-6-8(7)18-2/h7-8H,3-6H2,1-2H3,(H3,12,13,14,15,16). The molecular weight excluding hydrogens is 250 g/mol. The molecule has 0 radical (unpaired) electrons. The number of hydrogen-bond donors (Lipinski definition) is 2. The number of nitrogens with one attached hydrogen (secondary N) is 1. The maximum Gasteiger partial charge on any atom is 0.322 e. The van der Waals surface area contributed by atoms with Gasteiger partial charge in [0, 0.05) is 11.3 Å². The van der Waals surface area contributed by atoms with E-state index in [0.29, 0.717) is 17.2 Å². The number of anilines is 2. The average Bonchev–Trinajstić information content (AvgIpc) is 2.38. The summed E-state index contributed by atoms with van der Waals surface area (Å²) in [6, 6.07) is 0.641. The Kier molecular flexibility index (Phi) is 4.46. The van der Waals surface area contributed by atoms with E-state index in [1.165, 1.54) is 26.4 Å². The van der Waals surface area contributed by atoms with Crippen LogP contribution in [-0.4, -0.2) is 39.6 Å². The SMILES string of the molecule is COc1nc(N)nc(NC2CCCCC2SC)n1. The van der Waals surface area contributed by atoms with Crippen LogP contribution in [0, 0.1) is 0 Å². The first kappa shape index (κ1) is 13.2. The van der Waals surface area contributed by atoms with Crippen LogP contribution >= 0.6 is 11.8 Å². The van der Waals surface area contributed by atoms with Gasteiger partial charge < -0.3 is 15.8 Å². The van der Waals surface area contributed by atoms with Crippen molar-refractivity contribution in [2.24, 2.45) is 0 Å². The molecule has 1 heterocycles. The van der Waals surface area contributed by atoms with Crippen LogP contribution in [0.5, 0.6) is 6.01 Å². The summed E-state index contributed by atoms with van der Waals surface area (Å²) in [5, 5.41) is 3.95. The third-order valence-corrected chi connectivity index (χ3v) is 4.30. The first-order valence-electron chi connectivity index (χ1n) is 6.08. The van der Waals surface area contributed by atoms with Crippen LogP contribution < -0.4 is 15.8 Å². The molecule has 1 saturated carbocycles. The molecule has 0 aromatic carbocycles. The number of nitrogen functional groups attached to an aromatic ring is 1. The van der Waals surface area contributed by atoms with E-state index in [2.05, 4.69) is 26.5 Å². The summed E-state index contributed by atoms with van der Waals surface area (Å²) in [7, 11) is 1.52. The Hall–Kier alpha value is -1.24. The molecule has 18 heavy (non-hydrogen) atoms. The van der Waals surface area contributed by atoms with Crippen LogP contribution in [0.15, 0.2) is 0 Å². The summed E-state index contributed by atoms with van der Waals surface area (Å²) >= 11 is 1.89. The highest BCUT2D eigenvalue weighted by atomic mass is 32.2. The van der Waals surface area contributed by atoms with Crippen molar-refractivity contribution in [2.75, 3.05) is 24.4 Å². The molecule has 7 heteroatoms. The Balaban J connectivity index is 2.09. The summed E-state index contributed by atoms with van der Waals surface area (Å²) in [6.07, 6.45) is 7.06. The van der Waals surface area contributed by atoms with Crippen molar-refractivity contribution in [3.05, 3.63) is 0 Å². The summed E-state index contributed by atoms with van der Waals surface area (Å²) in [4.78, 5) is 12.1. The maximum absolute atomic E-state index is 5.62. The molecule has 1 aliphatic carbocycles. The molecule has 1 aromatic heterocycles. The molecule has 0 spiro atoms. The molecule has 0 bridgehead atoms. The number of rotatable bonds is 4. The summed E-state index contributed by atoms with van der Waals surface area (Å²) < 4.78 is 4.99. The van der Waals surface area contributed by atoms with Crippen molar-refractivity contribution < 1.29 is 4.74 Å². The van der Waals surface area contributed by atoms with Crippen LogP contribution in [0.25, 0.3) is 0 Å². The third kappa shape index (κ3) is 3.16. The number of thioether (sulfide) groups is 1. The Morgan fingerprint density at radius 2 is 2.06 bits per heavy atom. The molecule has 1 aliphatic rings. The van der Waals surface area contributed by atoms with E-state index in [0.717, 1.165) is 6.42 Å². The summed E-state index contributed by atoms with van der Waals surface area (Å²) in [6.45, 7) is 0. The van der Waals surface area contributed by atoms with Gasteiger partial charge in [-0.3, -0.25) is 0 Å². The molecule has 2 atom stereocenters. The number of hydrogen-bond acceptors (Lipinski definition) is 7. The van der Waals surface area contributed by atoms with Crippen molar-refractivity contribution in [1.29, 1.82) is 0 Å². The molecule has 1 fully saturated rings. The van der Waals surface area contributed by atoms with Gasteiger partial charge in [-0.15, -0.1) is 0 Å². The second-order valence-electron chi connectivity index (χ2n) is 4.31. The Labute approximate surface area is 111 Å². The average molecular weight is 269 g/mol. The van der Waals surface area contributed by atoms with E-state index >= 15 is 0 Å². The van der Waals surface area contributed by atoms with Crippen LogP contribution in [0.3, 0.4) is 0 Å². The number of aromatic nitrogens is 3. The van der Waals surface area contributed by atoms with Crippen molar-refractivity contribution in [3.8, 4) is 6.01 Å². The quantitative estimate of drug-likeness (QED) is 0.857. The molecule has 0 saturated heterocycles. The van der Waals surface area contributed by atoms with Crippen LogP contribution in [-0.2, 0) is 0 Å². The lowest BCUT2D eigenvalue weighted by Crippen LogP contribution is -2.35. The predicted molar refractivity (Wildman–Crippen MR) is 74.0 cm³/mol. The molecule has 0 aliphatic heterocycles. The van der Waals surface area contributed by atoms with E-state index in [-0.39, 0.29) is 12.0 Å². The Bertz CT molecular complexity index is 403. The highest BCUT2D eigenvalue weighted by molar-refractivity contribution is 7.99. The van der Waals surface area contributed by atoms with Gasteiger partial charge in [0.2, 0.25) is 11.9 Å². The molecule has 2 unspecified atom stereocenters. The van der Waals surface area contributed by atoms with E-state index < -0.39 is 0 Å². The van der Waals surface area contributed by atoms with Crippen molar-refractivity contribution >= 4 is 23.7 Å². The second kappa shape index (κ2) is 6.08. The lowest BCUT2D eigenvalue weighted by Gasteiger charge is -2.30. The van der Waals surface area contributed by atoms with Gasteiger partial charge in [-0.2, -0.15) is 26.7 Å². The van der Waals surface area contributed by atoms with Gasteiger partial charge in [-0.25, -0.2) is 0 Å². The topological polar surface area (TPSA) is 86.0 Å². The molecular formula is C11H19N5OS. The zero-order chi connectivity index (χ0) is 13.0. The Morgan fingerprint density at radius 3 is 2.78 bits per heavy atom. The third-order valence-electron chi connectivity index (χ3n) is 3.13. The largest absolute Gasteiger partial charge is 0.467 e. The van der Waals surface area contributed by atoms with Crippen molar-refractivity contribution in [2.45, 2.75) is 37.0 Å². The van der Waals surface area contributed by atoms with Crippen LogP contribution in [0.2, 0.25) is 0 Å². The van der Waals surface area contributed by atoms with Gasteiger partial charge in [0.15, 0.2) is 0 Å². The first-order valence-corrected chi connectivity index (χ1v) is 7.36. The van der Waals surface area contributed by atoms with E-state index in [4.69, 9.17) is 10.5 Å². The molecule has 1 aromatic rings. The van der Waals surface area contributed by atoms with Gasteiger partial charge >= 0.3 is 6.01 Å². The van der Waals surface area contributed by atoms with Gasteiger partial charge in [0.1, 0.15) is 0 Å². The van der Waals surface area contributed by atoms with Crippen LogP contribution in [0.4, 0.5) is 11.9 Å². The minimum Gasteiger partial charge on any atom is -0.467 e. The highest BCUT2D eigenvalue weighted by Crippen LogP contribution is 2.29. The van der Waals surface area contributed by atoms with E-state index in [1.54, 1.807) is 0 Å². The fourth-order valence-corrected chi connectivity index (χ4v) is 3.17. The lowest BCUT2D eigenvalue weighted by atomic mass is 9.95. The normalized spacial score (nSPS) is 23.7. The molecule has 100 valence electrons. The molecule has 6 nitrogen and oxygen atoms in total. The van der Waals surface area contributed by atoms with Gasteiger partial charge in [0.25, 0.3) is 0 Å². The zero-order valence-electron chi connectivity index (χ0n) is 10.7. The highest BCUT2D eigenvalue weighted by Gasteiger charge is 2.25. The fourth-order valence-electron chi connectivity index (χ4n) is 2.24. The van der Waals surface area contributed by atoms with Gasteiger partial charge in [-0.05, 0) is 19.1 Å². The zero-order valence-corrected chi connectivity index (χ0v) is 11.5.